The Morgan fingerprint density at radius 1 is 0.389 bits per heavy atom. The van der Waals surface area contributed by atoms with E-state index in [0.717, 1.165) is 103 Å². The number of amides is 1. The number of unbranched alkanes of at least 4 members (excludes halogenated alkanes) is 31. The zero-order chi connectivity index (χ0) is 68.7. The second-order valence-corrected chi connectivity index (χ2v) is 26.4. The summed E-state index contributed by atoms with van der Waals surface area (Å²) in [6.07, 6.45) is 76.9. The summed E-state index contributed by atoms with van der Waals surface area (Å²) in [7, 11) is 0. The van der Waals surface area contributed by atoms with Gasteiger partial charge in [-0.05, 0) is 103 Å². The summed E-state index contributed by atoms with van der Waals surface area (Å²) >= 11 is 0. The first kappa shape index (κ1) is 87.5. The average Bonchev–Trinajstić information content (AvgIpc) is 0.801. The fraction of sp³-hybridized carbons (Fsp3) is 0.741. The minimum Gasteiger partial charge on any atom is -0.394 e. The lowest BCUT2D eigenvalue weighted by molar-refractivity contribution is -0.359. The summed E-state index contributed by atoms with van der Waals surface area (Å²) in [6, 6.07) is -0.952. The fourth-order valence-electron chi connectivity index (χ4n) is 11.8. The smallest absolute Gasteiger partial charge is 0.220 e. The molecule has 0 aliphatic carbocycles. The van der Waals surface area contributed by atoms with Gasteiger partial charge < -0.3 is 65.1 Å². The molecule has 2 aliphatic heterocycles. The second kappa shape index (κ2) is 63.8. The molecule has 0 spiro atoms. The predicted octanol–water partition coefficient (Wildman–Crippen LogP) is 16.8. The molecule has 546 valence electrons. The SMILES string of the molecule is CC/C=C\C/C=C\C/C=C\C/C=C\C/C=C\C/C=C\C/C=C\CCCCCCCCCCCC(=O)NC(COC1OC(CO)C(OC2OC(CO)C(O)C(O)C2O)C(O)C1O)C(O)/C=C/CC/C=C/CC/C=C/CCCCCCCCCCCCCCCCCCCCCC. The number of carbonyl (C=O) groups excluding carboxylic acids is 1. The lowest BCUT2D eigenvalue weighted by Gasteiger charge is -2.46. The van der Waals surface area contributed by atoms with E-state index < -0.39 is 86.8 Å². The molecule has 2 rings (SSSR count). The summed E-state index contributed by atoms with van der Waals surface area (Å²) in [5.74, 6) is -0.262. The highest BCUT2D eigenvalue weighted by atomic mass is 16.7. The van der Waals surface area contributed by atoms with Gasteiger partial charge in [-0.3, -0.25) is 4.79 Å². The number of carbonyl (C=O) groups is 1. The maximum Gasteiger partial charge on any atom is 0.220 e. The quantitative estimate of drug-likeness (QED) is 0.0204. The van der Waals surface area contributed by atoms with Crippen LogP contribution in [0, 0.1) is 0 Å². The van der Waals surface area contributed by atoms with E-state index in [4.69, 9.17) is 18.9 Å². The molecule has 2 heterocycles. The Morgan fingerprint density at radius 2 is 0.737 bits per heavy atom. The van der Waals surface area contributed by atoms with Crippen molar-refractivity contribution >= 4 is 5.91 Å². The third-order valence-electron chi connectivity index (χ3n) is 17.9. The summed E-state index contributed by atoms with van der Waals surface area (Å²) in [4.78, 5) is 13.4. The Hall–Kier alpha value is -3.61. The molecular formula is C81H139NO13. The van der Waals surface area contributed by atoms with Gasteiger partial charge in [0.1, 0.15) is 48.8 Å². The van der Waals surface area contributed by atoms with Gasteiger partial charge in [-0.2, -0.15) is 0 Å². The standard InChI is InChI=1S/C81H139NO13/c1-3-5-7-9-11-13-15-17-19-21-23-25-27-29-31-33-35-37-39-41-43-45-47-49-51-53-55-57-59-61-63-65-73(86)82-69(68-92-80-78(91)76(89)79(72(67-84)94-80)95-81-77(90)75(88)74(87)71(66-83)93-81)70(85)64-62-60-58-56-54-52-50-48-46-44-42-40-38-36-34-32-30-28-26-24-22-20-18-16-14-12-10-8-6-4-2/h5,7,11,13,17,19,23,25,29,31,35,37,41,43,46,48,54,56,62,64,69-72,74-81,83-85,87-91H,3-4,6,8-10,12,14-16,18,20-22,24,26-28,30,32-34,36,38-40,42,44-45,47,49-53,55,57-61,63,65-68H2,1-2H3,(H,82,86)/b7-5-,13-11-,19-17-,25-23-,31-29-,37-35-,43-41-,48-46+,56-54+,64-62+. The molecule has 9 N–H and O–H groups in total. The van der Waals surface area contributed by atoms with Crippen LogP contribution >= 0.6 is 0 Å². The minimum atomic E-state index is -1.80. The van der Waals surface area contributed by atoms with E-state index in [9.17, 15) is 45.6 Å². The van der Waals surface area contributed by atoms with Crippen molar-refractivity contribution in [2.24, 2.45) is 0 Å². The molecule has 2 fully saturated rings. The third kappa shape index (κ3) is 47.1. The number of allylic oxidation sites excluding steroid dienone is 19. The van der Waals surface area contributed by atoms with Crippen molar-refractivity contribution in [1.82, 2.24) is 5.32 Å². The first-order valence-corrected chi connectivity index (χ1v) is 38.3. The number of hydrogen-bond donors (Lipinski definition) is 9. The lowest BCUT2D eigenvalue weighted by atomic mass is 9.97. The Balaban J connectivity index is 1.68. The molecule has 12 atom stereocenters. The van der Waals surface area contributed by atoms with E-state index in [-0.39, 0.29) is 18.9 Å². The van der Waals surface area contributed by atoms with Gasteiger partial charge in [0, 0.05) is 6.42 Å². The van der Waals surface area contributed by atoms with Gasteiger partial charge in [-0.15, -0.1) is 0 Å². The van der Waals surface area contributed by atoms with Crippen molar-refractivity contribution in [2.45, 2.75) is 364 Å². The number of ether oxygens (including phenoxy) is 4. The average molecular weight is 1330 g/mol. The van der Waals surface area contributed by atoms with Crippen molar-refractivity contribution in [1.29, 1.82) is 0 Å². The van der Waals surface area contributed by atoms with Gasteiger partial charge >= 0.3 is 0 Å². The highest BCUT2D eigenvalue weighted by molar-refractivity contribution is 5.76. The summed E-state index contributed by atoms with van der Waals surface area (Å²) in [5, 5.41) is 87.6. The zero-order valence-electron chi connectivity index (χ0n) is 59.6. The number of hydrogen-bond acceptors (Lipinski definition) is 13. The Kier molecular flexibility index (Phi) is 58.8. The van der Waals surface area contributed by atoms with Gasteiger partial charge in [0.05, 0.1) is 32.0 Å². The van der Waals surface area contributed by atoms with Crippen molar-refractivity contribution in [2.75, 3.05) is 19.8 Å². The van der Waals surface area contributed by atoms with Crippen LogP contribution in [-0.2, 0) is 23.7 Å². The van der Waals surface area contributed by atoms with Gasteiger partial charge in [0.15, 0.2) is 12.6 Å². The molecule has 14 heteroatoms. The monoisotopic (exact) mass is 1330 g/mol. The number of nitrogens with one attached hydrogen (secondary N) is 1. The Labute approximate surface area is 578 Å². The van der Waals surface area contributed by atoms with Crippen molar-refractivity contribution in [3.8, 4) is 0 Å². The fourth-order valence-corrected chi connectivity index (χ4v) is 11.8. The first-order valence-electron chi connectivity index (χ1n) is 38.3. The van der Waals surface area contributed by atoms with Crippen LogP contribution in [0.2, 0.25) is 0 Å². The lowest BCUT2D eigenvalue weighted by Crippen LogP contribution is -2.65. The van der Waals surface area contributed by atoms with Crippen molar-refractivity contribution in [3.05, 3.63) is 122 Å². The molecule has 1 amide bonds. The van der Waals surface area contributed by atoms with E-state index in [1.807, 2.05) is 6.08 Å². The zero-order valence-corrected chi connectivity index (χ0v) is 59.6. The molecule has 0 aromatic carbocycles. The van der Waals surface area contributed by atoms with Crippen LogP contribution in [0.25, 0.3) is 0 Å². The second-order valence-electron chi connectivity index (χ2n) is 26.4. The van der Waals surface area contributed by atoms with E-state index in [2.05, 4.69) is 129 Å². The van der Waals surface area contributed by atoms with Crippen LogP contribution in [-0.4, -0.2) is 140 Å². The van der Waals surface area contributed by atoms with E-state index in [0.29, 0.717) is 12.8 Å². The molecule has 0 radical (unpaired) electrons. The Bertz CT molecular complexity index is 2060. The van der Waals surface area contributed by atoms with Crippen LogP contribution in [0.3, 0.4) is 0 Å². The maximum absolute atomic E-state index is 13.4. The molecule has 2 aliphatic rings. The number of aliphatic hydroxyl groups is 8. The predicted molar refractivity (Wildman–Crippen MR) is 392 cm³/mol. The van der Waals surface area contributed by atoms with Crippen molar-refractivity contribution in [3.63, 3.8) is 0 Å². The maximum atomic E-state index is 13.4. The number of aliphatic hydroxyl groups excluding tert-OH is 8. The summed E-state index contributed by atoms with van der Waals surface area (Å²) < 4.78 is 22.9. The highest BCUT2D eigenvalue weighted by Crippen LogP contribution is 2.30. The van der Waals surface area contributed by atoms with Crippen LogP contribution in [0.4, 0.5) is 0 Å². The topological polar surface area (TPSA) is 228 Å². The molecule has 12 unspecified atom stereocenters. The van der Waals surface area contributed by atoms with Gasteiger partial charge in [-0.1, -0.05) is 302 Å². The molecule has 0 saturated carbocycles. The van der Waals surface area contributed by atoms with Crippen LogP contribution < -0.4 is 5.32 Å². The van der Waals surface area contributed by atoms with E-state index in [1.54, 1.807) is 6.08 Å². The normalized spacial score (nSPS) is 23.1. The van der Waals surface area contributed by atoms with Crippen molar-refractivity contribution < 1.29 is 64.6 Å². The molecule has 14 nitrogen and oxygen atoms in total. The first-order chi connectivity index (χ1) is 46.6. The Morgan fingerprint density at radius 3 is 1.16 bits per heavy atom. The van der Waals surface area contributed by atoms with Crippen LogP contribution in [0.15, 0.2) is 122 Å². The molecule has 95 heavy (non-hydrogen) atoms. The highest BCUT2D eigenvalue weighted by Gasteiger charge is 2.51. The summed E-state index contributed by atoms with van der Waals surface area (Å²) in [5.41, 5.74) is 0. The van der Waals surface area contributed by atoms with Gasteiger partial charge in [0.25, 0.3) is 0 Å². The van der Waals surface area contributed by atoms with Crippen LogP contribution in [0.5, 0.6) is 0 Å². The van der Waals surface area contributed by atoms with Gasteiger partial charge in [-0.25, -0.2) is 0 Å². The molecule has 0 aromatic heterocycles. The summed E-state index contributed by atoms with van der Waals surface area (Å²) in [6.45, 7) is 2.68. The molecular weight excluding hydrogens is 1190 g/mol. The minimum absolute atomic E-state index is 0.255. The number of rotatable bonds is 62. The molecule has 2 saturated heterocycles. The van der Waals surface area contributed by atoms with Gasteiger partial charge in [0.2, 0.25) is 5.91 Å². The molecule has 0 aromatic rings. The largest absolute Gasteiger partial charge is 0.394 e. The van der Waals surface area contributed by atoms with Crippen LogP contribution in [0.1, 0.15) is 290 Å². The van der Waals surface area contributed by atoms with E-state index >= 15 is 0 Å². The third-order valence-corrected chi connectivity index (χ3v) is 17.9. The van der Waals surface area contributed by atoms with E-state index in [1.165, 1.54) is 154 Å². The molecule has 0 bridgehead atoms.